The second kappa shape index (κ2) is 7.66. The maximum Gasteiger partial charge on any atom is 0.303 e. The fourth-order valence-corrected chi connectivity index (χ4v) is 7.37. The molecule has 32 heavy (non-hydrogen) atoms. The summed E-state index contributed by atoms with van der Waals surface area (Å²) in [7, 11) is 1.54. The molecule has 6 rings (SSSR count). The summed E-state index contributed by atoms with van der Waals surface area (Å²) in [6.45, 7) is 0. The minimum Gasteiger partial charge on any atom is -0.495 e. The first kappa shape index (κ1) is 21.6. The van der Waals surface area contributed by atoms with E-state index >= 15 is 0 Å². The summed E-state index contributed by atoms with van der Waals surface area (Å²) in [4.78, 5) is 25.0. The van der Waals surface area contributed by atoms with Gasteiger partial charge in [0, 0.05) is 5.69 Å². The molecular weight excluding hydrogens is 453 g/mol. The van der Waals surface area contributed by atoms with E-state index in [9.17, 15) is 14.7 Å². The Bertz CT molecular complexity index is 1130. The molecule has 0 saturated heterocycles. The molecule has 170 valence electrons. The van der Waals surface area contributed by atoms with Crippen molar-refractivity contribution in [3.05, 3.63) is 44.8 Å². The number of halogens is 2. The number of nitrogens with zero attached hydrogens (tertiary/aromatic N) is 2. The van der Waals surface area contributed by atoms with Crippen LogP contribution in [0.25, 0.3) is 0 Å². The number of methoxy groups -OCH3 is 1. The lowest BCUT2D eigenvalue weighted by atomic mass is 9.46. The molecule has 0 amide bonds. The summed E-state index contributed by atoms with van der Waals surface area (Å²) >= 11 is 12.7. The SMILES string of the molecule is COc1ccc(Nc2cnn(C34CC5CC(CC(CC(=O)O)(C5)C3)C4)c(=O)c2Cl)cc1Cl. The van der Waals surface area contributed by atoms with Gasteiger partial charge < -0.3 is 15.2 Å². The van der Waals surface area contributed by atoms with Crippen LogP contribution in [0, 0.1) is 17.3 Å². The lowest BCUT2D eigenvalue weighted by Gasteiger charge is -2.61. The number of aromatic nitrogens is 2. The molecule has 7 nitrogen and oxygen atoms in total. The van der Waals surface area contributed by atoms with Crippen LogP contribution in [0.15, 0.2) is 29.2 Å². The Hall–Kier alpha value is -2.25. The number of nitrogens with one attached hydrogen (secondary N) is 1. The van der Waals surface area contributed by atoms with Gasteiger partial charge in [-0.3, -0.25) is 9.59 Å². The first-order valence-corrected chi connectivity index (χ1v) is 11.6. The van der Waals surface area contributed by atoms with E-state index < -0.39 is 11.5 Å². The molecular formula is C23H25Cl2N3O4. The zero-order valence-corrected chi connectivity index (χ0v) is 19.2. The number of carboxylic acid groups (broad SMARTS) is 1. The van der Waals surface area contributed by atoms with Crippen molar-refractivity contribution in [2.75, 3.05) is 12.4 Å². The molecule has 9 heteroatoms. The van der Waals surface area contributed by atoms with Crippen molar-refractivity contribution >= 4 is 40.5 Å². The van der Waals surface area contributed by atoms with E-state index in [-0.39, 0.29) is 22.4 Å². The van der Waals surface area contributed by atoms with Gasteiger partial charge in [-0.05, 0) is 74.0 Å². The summed E-state index contributed by atoms with van der Waals surface area (Å²) < 4.78 is 6.72. The molecule has 0 radical (unpaired) electrons. The number of aliphatic carboxylic acids is 1. The van der Waals surface area contributed by atoms with Crippen LogP contribution in [0.5, 0.6) is 5.75 Å². The minimum atomic E-state index is -0.766. The van der Waals surface area contributed by atoms with Gasteiger partial charge in [0.1, 0.15) is 10.8 Å². The van der Waals surface area contributed by atoms with E-state index in [2.05, 4.69) is 10.4 Å². The predicted molar refractivity (Wildman–Crippen MR) is 122 cm³/mol. The Labute approximate surface area is 195 Å². The Morgan fingerprint density at radius 1 is 1.28 bits per heavy atom. The fraction of sp³-hybridized carbons (Fsp3) is 0.522. The van der Waals surface area contributed by atoms with Crippen molar-refractivity contribution in [1.29, 1.82) is 0 Å². The van der Waals surface area contributed by atoms with E-state index in [0.717, 1.165) is 32.1 Å². The maximum atomic E-state index is 13.4. The number of anilines is 2. The standard InChI is InChI=1S/C23H25Cl2N3O4/c1-32-18-3-2-15(5-16(18)24)27-17-11-26-28(21(31)20(17)25)23-8-13-4-14(9-23)7-22(6-13,12-23)10-19(29)30/h2-3,5,11,13-14,27H,4,6-10,12H2,1H3,(H,29,30). The van der Waals surface area contributed by atoms with Crippen LogP contribution in [-0.4, -0.2) is 28.0 Å². The minimum absolute atomic E-state index is 0.0648. The molecule has 2 N–H and O–H groups in total. The third kappa shape index (κ3) is 3.55. The van der Waals surface area contributed by atoms with Crippen LogP contribution in [0.4, 0.5) is 11.4 Å². The van der Waals surface area contributed by atoms with Crippen LogP contribution < -0.4 is 15.6 Å². The highest BCUT2D eigenvalue weighted by atomic mass is 35.5. The summed E-state index contributed by atoms with van der Waals surface area (Å²) in [6, 6.07) is 5.20. The quantitative estimate of drug-likeness (QED) is 0.602. The van der Waals surface area contributed by atoms with Gasteiger partial charge in [0.25, 0.3) is 5.56 Å². The van der Waals surface area contributed by atoms with Gasteiger partial charge in [0.2, 0.25) is 0 Å². The number of benzene rings is 1. The average molecular weight is 478 g/mol. The number of carbonyl (C=O) groups is 1. The second-order valence-electron chi connectivity index (χ2n) is 9.82. The molecule has 4 aliphatic rings. The third-order valence-corrected chi connectivity index (χ3v) is 8.14. The smallest absolute Gasteiger partial charge is 0.303 e. The van der Waals surface area contributed by atoms with Crippen molar-refractivity contribution in [1.82, 2.24) is 9.78 Å². The van der Waals surface area contributed by atoms with E-state index in [1.807, 2.05) is 0 Å². The Kier molecular flexibility index (Phi) is 5.17. The highest BCUT2D eigenvalue weighted by Gasteiger charge is 2.59. The van der Waals surface area contributed by atoms with Gasteiger partial charge in [0.15, 0.2) is 0 Å². The molecule has 4 fully saturated rings. The number of ether oxygens (including phenoxy) is 1. The summed E-state index contributed by atoms with van der Waals surface area (Å²) in [6.07, 6.45) is 7.08. The van der Waals surface area contributed by atoms with Gasteiger partial charge in [-0.2, -0.15) is 5.10 Å². The van der Waals surface area contributed by atoms with Crippen LogP contribution >= 0.6 is 23.2 Å². The van der Waals surface area contributed by atoms with E-state index in [4.69, 9.17) is 27.9 Å². The van der Waals surface area contributed by atoms with Gasteiger partial charge in [0.05, 0.1) is 36.0 Å². The molecule has 1 aromatic carbocycles. The van der Waals surface area contributed by atoms with Crippen molar-refractivity contribution in [2.45, 2.75) is 50.5 Å². The zero-order valence-electron chi connectivity index (χ0n) is 17.7. The average Bonchev–Trinajstić information content (AvgIpc) is 2.69. The van der Waals surface area contributed by atoms with E-state index in [0.29, 0.717) is 40.4 Å². The number of hydrogen-bond donors (Lipinski definition) is 2. The van der Waals surface area contributed by atoms with Gasteiger partial charge >= 0.3 is 5.97 Å². The van der Waals surface area contributed by atoms with Crippen LogP contribution in [0.1, 0.15) is 44.9 Å². The van der Waals surface area contributed by atoms with Crippen LogP contribution in [0.3, 0.4) is 0 Å². The summed E-state index contributed by atoms with van der Waals surface area (Å²) in [5, 5.41) is 17.7. The maximum absolute atomic E-state index is 13.4. The molecule has 2 unspecified atom stereocenters. The first-order valence-electron chi connectivity index (χ1n) is 10.8. The number of hydrogen-bond acceptors (Lipinski definition) is 5. The molecule has 4 aliphatic carbocycles. The zero-order chi connectivity index (χ0) is 22.7. The Morgan fingerprint density at radius 3 is 2.62 bits per heavy atom. The van der Waals surface area contributed by atoms with Gasteiger partial charge in [-0.15, -0.1) is 0 Å². The molecule has 2 atom stereocenters. The largest absolute Gasteiger partial charge is 0.495 e. The Morgan fingerprint density at radius 2 is 2.00 bits per heavy atom. The van der Waals surface area contributed by atoms with Crippen LogP contribution in [0.2, 0.25) is 10.0 Å². The van der Waals surface area contributed by atoms with Crippen molar-refractivity contribution in [3.8, 4) is 5.75 Å². The first-order chi connectivity index (χ1) is 15.2. The van der Waals surface area contributed by atoms with E-state index in [1.54, 1.807) is 36.2 Å². The molecule has 4 bridgehead atoms. The molecule has 0 spiro atoms. The second-order valence-corrected chi connectivity index (χ2v) is 10.6. The molecule has 4 saturated carbocycles. The van der Waals surface area contributed by atoms with E-state index in [1.165, 1.54) is 0 Å². The molecule has 1 heterocycles. The molecule has 0 aliphatic heterocycles. The summed E-state index contributed by atoms with van der Waals surface area (Å²) in [5.41, 5.74) is 0.0114. The topological polar surface area (TPSA) is 93.4 Å². The fourth-order valence-electron chi connectivity index (χ4n) is 6.93. The Balaban J connectivity index is 1.48. The van der Waals surface area contributed by atoms with Gasteiger partial charge in [-0.1, -0.05) is 23.2 Å². The third-order valence-electron chi connectivity index (χ3n) is 7.48. The monoisotopic (exact) mass is 477 g/mol. The number of rotatable bonds is 6. The number of carboxylic acids is 1. The predicted octanol–water partition coefficient (Wildman–Crippen LogP) is 5.07. The molecule has 1 aromatic heterocycles. The highest BCUT2D eigenvalue weighted by molar-refractivity contribution is 6.33. The highest BCUT2D eigenvalue weighted by Crippen LogP contribution is 2.65. The van der Waals surface area contributed by atoms with Crippen molar-refractivity contribution in [3.63, 3.8) is 0 Å². The lowest BCUT2D eigenvalue weighted by Crippen LogP contribution is -2.59. The molecule has 2 aromatic rings. The van der Waals surface area contributed by atoms with Crippen LogP contribution in [-0.2, 0) is 10.3 Å². The summed E-state index contributed by atoms with van der Waals surface area (Å²) in [5.74, 6) is 0.650. The normalized spacial score (nSPS) is 30.3. The van der Waals surface area contributed by atoms with Crippen molar-refractivity contribution in [2.24, 2.45) is 17.3 Å². The lowest BCUT2D eigenvalue weighted by molar-refractivity contribution is -0.151. The van der Waals surface area contributed by atoms with Crippen molar-refractivity contribution < 1.29 is 14.6 Å². The van der Waals surface area contributed by atoms with Gasteiger partial charge in [-0.25, -0.2) is 4.68 Å².